The molecule has 1 atom stereocenters. The Morgan fingerprint density at radius 1 is 1.15 bits per heavy atom. The Kier molecular flexibility index (Phi) is 4.28. The maximum atomic E-state index is 13.0. The number of nitrogens with one attached hydrogen (secondary N) is 1. The first-order chi connectivity index (χ1) is 12.9. The lowest BCUT2D eigenvalue weighted by molar-refractivity contribution is -0.118. The molecule has 1 aliphatic heterocycles. The number of carbonyl (C=O) groups excluding carboxylic acids is 1. The summed E-state index contributed by atoms with van der Waals surface area (Å²) in [6, 6.07) is 16.8. The van der Waals surface area contributed by atoms with Crippen LogP contribution in [-0.4, -0.2) is 5.78 Å². The molecule has 1 unspecified atom stereocenters. The molecule has 0 bridgehead atoms. The van der Waals surface area contributed by atoms with Gasteiger partial charge in [-0.25, -0.2) is 0 Å². The molecule has 0 saturated heterocycles. The minimum atomic E-state index is -0.252. The third-order valence-electron chi connectivity index (χ3n) is 5.33. The summed E-state index contributed by atoms with van der Waals surface area (Å²) in [6.45, 7) is 6.19. The van der Waals surface area contributed by atoms with Gasteiger partial charge in [0, 0.05) is 33.1 Å². The van der Waals surface area contributed by atoms with Gasteiger partial charge >= 0.3 is 0 Å². The second-order valence-corrected chi connectivity index (χ2v) is 9.23. The fourth-order valence-corrected chi connectivity index (χ4v) is 5.27. The van der Waals surface area contributed by atoms with Gasteiger partial charge in [-0.1, -0.05) is 44.2 Å². The van der Waals surface area contributed by atoms with E-state index >= 15 is 0 Å². The van der Waals surface area contributed by atoms with E-state index in [1.165, 1.54) is 0 Å². The summed E-state index contributed by atoms with van der Waals surface area (Å²) in [5, 5.41) is 13.2. The average Bonchev–Trinajstić information content (AvgIpc) is 3.10. The number of nitrogens with zero attached hydrogens (tertiary/aromatic N) is 1. The molecule has 0 radical (unpaired) electrons. The van der Waals surface area contributed by atoms with Gasteiger partial charge in [0.25, 0.3) is 0 Å². The van der Waals surface area contributed by atoms with Crippen molar-refractivity contribution in [3.05, 3.63) is 69.9 Å². The Balaban J connectivity index is 1.83. The first-order valence-corrected chi connectivity index (χ1v) is 10.0. The van der Waals surface area contributed by atoms with Crippen LogP contribution in [0, 0.1) is 16.7 Å². The molecule has 0 fully saturated rings. The first kappa shape index (κ1) is 17.8. The van der Waals surface area contributed by atoms with Crippen molar-refractivity contribution in [2.75, 3.05) is 0 Å². The van der Waals surface area contributed by atoms with Crippen LogP contribution in [0.2, 0.25) is 0 Å². The molecular weight excluding hydrogens is 352 g/mol. The predicted molar refractivity (Wildman–Crippen MR) is 109 cm³/mol. The van der Waals surface area contributed by atoms with E-state index in [2.05, 4.69) is 49.5 Å². The number of carbonyl (C=O) groups is 1. The van der Waals surface area contributed by atoms with Gasteiger partial charge < -0.3 is 5.32 Å². The van der Waals surface area contributed by atoms with E-state index in [4.69, 9.17) is 0 Å². The maximum absolute atomic E-state index is 13.0. The normalized spacial score (nSPS) is 21.6. The van der Waals surface area contributed by atoms with Crippen LogP contribution in [0.3, 0.4) is 0 Å². The minimum absolute atomic E-state index is 0.0530. The highest BCUT2D eigenvalue weighted by atomic mass is 32.1. The number of hydrogen-bond donors (Lipinski definition) is 1. The molecule has 0 amide bonds. The third kappa shape index (κ3) is 3.13. The zero-order chi connectivity index (χ0) is 19.2. The van der Waals surface area contributed by atoms with E-state index in [1.54, 1.807) is 11.3 Å². The Hall–Kier alpha value is -2.64. The van der Waals surface area contributed by atoms with E-state index in [-0.39, 0.29) is 17.1 Å². The number of allylic oxidation sites excluding steroid dienone is 4. The summed E-state index contributed by atoms with van der Waals surface area (Å²) in [6.07, 6.45) is 1.36. The lowest BCUT2D eigenvalue weighted by atomic mass is 9.70. The van der Waals surface area contributed by atoms with Crippen LogP contribution in [0.4, 0.5) is 0 Å². The lowest BCUT2D eigenvalue weighted by Gasteiger charge is -2.38. The summed E-state index contributed by atoms with van der Waals surface area (Å²) in [5.41, 5.74) is 4.41. The number of Topliss-reactive ketones (excluding diaryl/α,β-unsaturated/α-hetero) is 1. The quantitative estimate of drug-likeness (QED) is 0.750. The van der Waals surface area contributed by atoms with Crippen molar-refractivity contribution in [2.45, 2.75) is 39.5 Å². The van der Waals surface area contributed by atoms with Crippen molar-refractivity contribution in [1.82, 2.24) is 5.32 Å². The van der Waals surface area contributed by atoms with E-state index in [9.17, 15) is 10.1 Å². The third-order valence-corrected chi connectivity index (χ3v) is 6.53. The summed E-state index contributed by atoms with van der Waals surface area (Å²) < 4.78 is 0. The van der Waals surface area contributed by atoms with Gasteiger partial charge in [-0.2, -0.15) is 5.26 Å². The van der Waals surface area contributed by atoms with Gasteiger partial charge in [0.2, 0.25) is 0 Å². The molecule has 136 valence electrons. The highest BCUT2D eigenvalue weighted by Crippen LogP contribution is 2.48. The van der Waals surface area contributed by atoms with Gasteiger partial charge in [0.05, 0.1) is 17.6 Å². The number of thiophene rings is 1. The molecule has 1 aromatic carbocycles. The number of rotatable bonds is 2. The molecule has 27 heavy (non-hydrogen) atoms. The number of ketones is 1. The Bertz CT molecular complexity index is 1020. The molecule has 2 aliphatic rings. The maximum Gasteiger partial charge on any atom is 0.162 e. The lowest BCUT2D eigenvalue weighted by Crippen LogP contribution is -2.36. The fourth-order valence-electron chi connectivity index (χ4n) is 4.13. The Labute approximate surface area is 164 Å². The number of dihydropyridines is 1. The Morgan fingerprint density at radius 3 is 2.59 bits per heavy atom. The minimum Gasteiger partial charge on any atom is -0.361 e. The van der Waals surface area contributed by atoms with Crippen LogP contribution >= 0.6 is 11.3 Å². The monoisotopic (exact) mass is 374 g/mol. The highest BCUT2D eigenvalue weighted by Gasteiger charge is 2.41. The number of benzene rings is 1. The van der Waals surface area contributed by atoms with Gasteiger partial charge in [0.1, 0.15) is 0 Å². The molecule has 2 aromatic rings. The summed E-state index contributed by atoms with van der Waals surface area (Å²) in [4.78, 5) is 15.3. The number of nitriles is 1. The molecule has 1 N–H and O–H groups in total. The largest absolute Gasteiger partial charge is 0.361 e. The van der Waals surface area contributed by atoms with Gasteiger partial charge in [-0.15, -0.1) is 11.3 Å². The van der Waals surface area contributed by atoms with Gasteiger partial charge in [-0.3, -0.25) is 4.79 Å². The average molecular weight is 375 g/mol. The van der Waals surface area contributed by atoms with Crippen LogP contribution in [0.5, 0.6) is 0 Å². The van der Waals surface area contributed by atoms with Gasteiger partial charge in [0.15, 0.2) is 5.78 Å². The van der Waals surface area contributed by atoms with Crippen LogP contribution in [0.25, 0.3) is 10.4 Å². The van der Waals surface area contributed by atoms with Crippen LogP contribution < -0.4 is 5.32 Å². The zero-order valence-corrected chi connectivity index (χ0v) is 16.6. The number of hydrogen-bond acceptors (Lipinski definition) is 4. The molecule has 4 heteroatoms. The predicted octanol–water partition coefficient (Wildman–Crippen LogP) is 5.54. The Morgan fingerprint density at radius 2 is 1.89 bits per heavy atom. The molecule has 0 saturated carbocycles. The van der Waals surface area contributed by atoms with Crippen molar-refractivity contribution >= 4 is 17.1 Å². The van der Waals surface area contributed by atoms with Crippen molar-refractivity contribution in [1.29, 1.82) is 5.26 Å². The smallest absolute Gasteiger partial charge is 0.162 e. The molecule has 2 heterocycles. The SMILES string of the molecule is CC1=C(C#N)C(c2ccc(-c3ccccc3)s2)C2=C(CC(C)(C)CC2=O)N1. The van der Waals surface area contributed by atoms with E-state index in [1.807, 2.05) is 25.1 Å². The van der Waals surface area contributed by atoms with Crippen LogP contribution in [0.1, 0.15) is 44.4 Å². The van der Waals surface area contributed by atoms with E-state index < -0.39 is 0 Å². The zero-order valence-electron chi connectivity index (χ0n) is 15.8. The van der Waals surface area contributed by atoms with Crippen molar-refractivity contribution in [3.8, 4) is 16.5 Å². The van der Waals surface area contributed by atoms with Crippen molar-refractivity contribution < 1.29 is 4.79 Å². The molecule has 4 rings (SSSR count). The summed E-state index contributed by atoms with van der Waals surface area (Å²) in [7, 11) is 0. The van der Waals surface area contributed by atoms with Crippen molar-refractivity contribution in [2.24, 2.45) is 5.41 Å². The summed E-state index contributed by atoms with van der Waals surface area (Å²) in [5.74, 6) is -0.0917. The second kappa shape index (κ2) is 6.51. The van der Waals surface area contributed by atoms with Crippen molar-refractivity contribution in [3.63, 3.8) is 0 Å². The van der Waals surface area contributed by atoms with E-state index in [0.29, 0.717) is 12.0 Å². The summed E-state index contributed by atoms with van der Waals surface area (Å²) >= 11 is 1.67. The van der Waals surface area contributed by atoms with Gasteiger partial charge in [-0.05, 0) is 36.5 Å². The highest BCUT2D eigenvalue weighted by molar-refractivity contribution is 7.15. The molecular formula is C23H22N2OS. The van der Waals surface area contributed by atoms with E-state index in [0.717, 1.165) is 38.7 Å². The molecule has 0 spiro atoms. The fraction of sp³-hybridized carbons (Fsp3) is 0.304. The van der Waals surface area contributed by atoms with Crippen LogP contribution in [-0.2, 0) is 4.79 Å². The first-order valence-electron chi connectivity index (χ1n) is 9.19. The standard InChI is InChI=1S/C23H22N2OS/c1-14-16(13-24)21(22-17(25-14)11-23(2,3)12-18(22)26)20-10-9-19(27-20)15-7-5-4-6-8-15/h4-10,21,25H,11-12H2,1-3H3. The molecule has 3 nitrogen and oxygen atoms in total. The molecule has 1 aromatic heterocycles. The van der Waals surface area contributed by atoms with Crippen LogP contribution in [0.15, 0.2) is 65.0 Å². The second-order valence-electron chi connectivity index (χ2n) is 8.11. The topological polar surface area (TPSA) is 52.9 Å². The molecule has 1 aliphatic carbocycles.